The number of likely N-dealkylation sites (tertiary alicyclic amines) is 1. The first-order valence-corrected chi connectivity index (χ1v) is 11.6. The van der Waals surface area contributed by atoms with E-state index in [2.05, 4.69) is 16.3 Å². The van der Waals surface area contributed by atoms with Crippen LogP contribution in [-0.2, 0) is 17.8 Å². The van der Waals surface area contributed by atoms with E-state index in [9.17, 15) is 14.0 Å². The van der Waals surface area contributed by atoms with Crippen LogP contribution in [-0.4, -0.2) is 37.0 Å². The van der Waals surface area contributed by atoms with Crippen molar-refractivity contribution in [1.82, 2.24) is 10.2 Å². The Hall–Kier alpha value is -3.51. The Bertz CT molecular complexity index is 1170. The van der Waals surface area contributed by atoms with Crippen molar-refractivity contribution in [3.63, 3.8) is 0 Å². The quantitative estimate of drug-likeness (QED) is 0.493. The van der Waals surface area contributed by atoms with Crippen molar-refractivity contribution in [3.8, 4) is 11.1 Å². The summed E-state index contributed by atoms with van der Waals surface area (Å²) >= 11 is 0. The highest BCUT2D eigenvalue weighted by molar-refractivity contribution is 5.97. The van der Waals surface area contributed by atoms with E-state index in [1.807, 2.05) is 18.2 Å². The first kappa shape index (κ1) is 23.6. The Labute approximate surface area is 199 Å². The predicted octanol–water partition coefficient (Wildman–Crippen LogP) is 5.20. The lowest BCUT2D eigenvalue weighted by Crippen LogP contribution is -2.29. The number of esters is 1. The van der Waals surface area contributed by atoms with Crippen LogP contribution in [0.25, 0.3) is 11.1 Å². The van der Waals surface area contributed by atoms with Gasteiger partial charge in [-0.3, -0.25) is 9.69 Å². The highest BCUT2D eigenvalue weighted by Crippen LogP contribution is 2.26. The number of amides is 1. The minimum atomic E-state index is -0.500. The number of hydrogen-bond donors (Lipinski definition) is 1. The Balaban J connectivity index is 1.46. The first-order valence-electron chi connectivity index (χ1n) is 11.6. The number of carbonyl (C=O) groups is 2. The van der Waals surface area contributed by atoms with E-state index >= 15 is 0 Å². The third-order valence-corrected chi connectivity index (χ3v) is 6.12. The number of nitrogens with zero attached hydrogens (tertiary/aromatic N) is 1. The van der Waals surface area contributed by atoms with E-state index in [4.69, 9.17) is 4.74 Å². The van der Waals surface area contributed by atoms with Crippen LogP contribution in [0.4, 0.5) is 4.39 Å². The van der Waals surface area contributed by atoms with Gasteiger partial charge in [0.05, 0.1) is 12.7 Å². The van der Waals surface area contributed by atoms with Crippen LogP contribution in [0.3, 0.4) is 0 Å². The Morgan fingerprint density at radius 2 is 1.68 bits per heavy atom. The second kappa shape index (κ2) is 11.1. The molecule has 0 bridgehead atoms. The van der Waals surface area contributed by atoms with Gasteiger partial charge in [0.15, 0.2) is 0 Å². The summed E-state index contributed by atoms with van der Waals surface area (Å²) in [5.74, 6) is -1.11. The zero-order chi connectivity index (χ0) is 23.9. The maximum Gasteiger partial charge on any atom is 0.337 e. The molecule has 3 aromatic rings. The van der Waals surface area contributed by atoms with Crippen molar-refractivity contribution in [2.45, 2.75) is 32.4 Å². The Morgan fingerprint density at radius 3 is 2.47 bits per heavy atom. The number of carbonyl (C=O) groups excluding carboxylic acids is 2. The largest absolute Gasteiger partial charge is 0.465 e. The van der Waals surface area contributed by atoms with Gasteiger partial charge in [0.1, 0.15) is 5.82 Å². The third-order valence-electron chi connectivity index (χ3n) is 6.12. The van der Waals surface area contributed by atoms with Crippen LogP contribution >= 0.6 is 0 Å². The first-order chi connectivity index (χ1) is 16.5. The van der Waals surface area contributed by atoms with Crippen LogP contribution in [0.15, 0.2) is 66.7 Å². The molecule has 0 saturated carbocycles. The topological polar surface area (TPSA) is 58.6 Å². The summed E-state index contributed by atoms with van der Waals surface area (Å²) < 4.78 is 19.4. The lowest BCUT2D eigenvalue weighted by atomic mass is 9.99. The van der Waals surface area contributed by atoms with Crippen LogP contribution in [0.5, 0.6) is 0 Å². The minimum Gasteiger partial charge on any atom is -0.465 e. The molecule has 5 nitrogen and oxygen atoms in total. The lowest BCUT2D eigenvalue weighted by Gasteiger charge is -2.26. The van der Waals surface area contributed by atoms with E-state index in [-0.39, 0.29) is 18.3 Å². The number of methoxy groups -OCH3 is 1. The van der Waals surface area contributed by atoms with Crippen molar-refractivity contribution >= 4 is 11.9 Å². The number of nitrogens with one attached hydrogen (secondary N) is 1. The standard InChI is InChI=1S/C28H29FN2O3/c1-34-28(33)24-10-6-9-23(17-24)27(32)30-18-20-11-12-26(29)25(16-20)22-8-5-7-21(15-22)19-31-13-3-2-4-14-31/h5-12,15-17H,2-4,13-14,18-19H2,1H3,(H,30,32). The van der Waals surface area contributed by atoms with E-state index in [0.717, 1.165) is 30.8 Å². The molecule has 1 aliphatic rings. The molecule has 0 spiro atoms. The number of piperidine rings is 1. The van der Waals surface area contributed by atoms with Gasteiger partial charge in [-0.15, -0.1) is 0 Å². The summed E-state index contributed by atoms with van der Waals surface area (Å²) in [5.41, 5.74) is 3.96. The monoisotopic (exact) mass is 460 g/mol. The molecule has 0 unspecified atom stereocenters. The molecule has 176 valence electrons. The zero-order valence-electron chi connectivity index (χ0n) is 19.4. The average molecular weight is 461 g/mol. The second-order valence-corrected chi connectivity index (χ2v) is 8.61. The molecule has 1 amide bonds. The number of rotatable bonds is 7. The molecule has 3 aromatic carbocycles. The smallest absolute Gasteiger partial charge is 0.337 e. The van der Waals surface area contributed by atoms with E-state index < -0.39 is 5.97 Å². The molecule has 1 heterocycles. The van der Waals surface area contributed by atoms with Crippen LogP contribution < -0.4 is 5.32 Å². The maximum atomic E-state index is 14.7. The summed E-state index contributed by atoms with van der Waals surface area (Å²) in [6.07, 6.45) is 3.76. The predicted molar refractivity (Wildman–Crippen MR) is 130 cm³/mol. The molecule has 1 aliphatic heterocycles. The molecule has 34 heavy (non-hydrogen) atoms. The number of hydrogen-bond acceptors (Lipinski definition) is 4. The van der Waals surface area contributed by atoms with Crippen molar-refractivity contribution in [3.05, 3.63) is 94.8 Å². The van der Waals surface area contributed by atoms with Gasteiger partial charge in [0, 0.05) is 24.2 Å². The maximum absolute atomic E-state index is 14.7. The average Bonchev–Trinajstić information content (AvgIpc) is 2.88. The van der Waals surface area contributed by atoms with Crippen molar-refractivity contribution in [2.75, 3.05) is 20.2 Å². The number of benzene rings is 3. The summed E-state index contributed by atoms with van der Waals surface area (Å²) in [6, 6.07) is 19.2. The van der Waals surface area contributed by atoms with Gasteiger partial charge >= 0.3 is 5.97 Å². The van der Waals surface area contributed by atoms with Crippen LogP contribution in [0.1, 0.15) is 51.1 Å². The SMILES string of the molecule is COC(=O)c1cccc(C(=O)NCc2ccc(F)c(-c3cccc(CN4CCCCC4)c3)c2)c1. The number of halogens is 1. The molecular formula is C28H29FN2O3. The Kier molecular flexibility index (Phi) is 7.70. The van der Waals surface area contributed by atoms with Gasteiger partial charge in [-0.1, -0.05) is 36.8 Å². The van der Waals surface area contributed by atoms with Crippen LogP contribution in [0.2, 0.25) is 0 Å². The summed E-state index contributed by atoms with van der Waals surface area (Å²) in [4.78, 5) is 26.8. The van der Waals surface area contributed by atoms with Gasteiger partial charge in [-0.2, -0.15) is 0 Å². The van der Waals surface area contributed by atoms with Crippen molar-refractivity contribution < 1.29 is 18.7 Å². The molecule has 0 aromatic heterocycles. The highest BCUT2D eigenvalue weighted by Gasteiger charge is 2.14. The zero-order valence-corrected chi connectivity index (χ0v) is 19.4. The second-order valence-electron chi connectivity index (χ2n) is 8.61. The highest BCUT2D eigenvalue weighted by atomic mass is 19.1. The van der Waals surface area contributed by atoms with Crippen LogP contribution in [0, 0.1) is 5.82 Å². The van der Waals surface area contributed by atoms with Crippen molar-refractivity contribution in [2.24, 2.45) is 0 Å². The molecule has 4 rings (SSSR count). The molecule has 1 fully saturated rings. The normalized spacial score (nSPS) is 13.9. The molecule has 6 heteroatoms. The molecule has 0 aliphatic carbocycles. The lowest BCUT2D eigenvalue weighted by molar-refractivity contribution is 0.0600. The summed E-state index contributed by atoms with van der Waals surface area (Å²) in [7, 11) is 1.30. The summed E-state index contributed by atoms with van der Waals surface area (Å²) in [5, 5.41) is 2.84. The number of ether oxygens (including phenoxy) is 1. The van der Waals surface area contributed by atoms with Crippen molar-refractivity contribution in [1.29, 1.82) is 0 Å². The molecular weight excluding hydrogens is 431 g/mol. The van der Waals surface area contributed by atoms with E-state index in [1.165, 1.54) is 44.1 Å². The fourth-order valence-corrected chi connectivity index (χ4v) is 4.31. The molecule has 0 atom stereocenters. The summed E-state index contributed by atoms with van der Waals surface area (Å²) in [6.45, 7) is 3.32. The van der Waals surface area contributed by atoms with Gasteiger partial charge in [0.25, 0.3) is 5.91 Å². The van der Waals surface area contributed by atoms with E-state index in [1.54, 1.807) is 30.3 Å². The third kappa shape index (κ3) is 5.88. The molecule has 1 saturated heterocycles. The molecule has 0 radical (unpaired) electrons. The Morgan fingerprint density at radius 1 is 0.912 bits per heavy atom. The van der Waals surface area contributed by atoms with Gasteiger partial charge in [-0.05, 0) is 79.0 Å². The fraction of sp³-hybridized carbons (Fsp3) is 0.286. The van der Waals surface area contributed by atoms with Gasteiger partial charge in [-0.25, -0.2) is 9.18 Å². The fourth-order valence-electron chi connectivity index (χ4n) is 4.31. The molecule has 1 N–H and O–H groups in total. The van der Waals surface area contributed by atoms with Gasteiger partial charge in [0.2, 0.25) is 0 Å². The minimum absolute atomic E-state index is 0.238. The van der Waals surface area contributed by atoms with E-state index in [0.29, 0.717) is 16.7 Å². The van der Waals surface area contributed by atoms with Gasteiger partial charge < -0.3 is 10.1 Å².